The van der Waals surface area contributed by atoms with E-state index in [0.717, 1.165) is 11.3 Å². The van der Waals surface area contributed by atoms with Gasteiger partial charge in [0.1, 0.15) is 4.88 Å². The van der Waals surface area contributed by atoms with Gasteiger partial charge in [-0.15, -0.1) is 11.3 Å². The van der Waals surface area contributed by atoms with Crippen LogP contribution in [0.2, 0.25) is 0 Å². The number of thiazole rings is 1. The van der Waals surface area contributed by atoms with E-state index >= 15 is 0 Å². The van der Waals surface area contributed by atoms with Crippen LogP contribution < -0.4 is 4.73 Å². The number of carbonyl (C=O) groups is 2. The summed E-state index contributed by atoms with van der Waals surface area (Å²) in [6, 6.07) is 2.92. The number of rotatable bonds is 4. The molecule has 0 aliphatic heterocycles. The van der Waals surface area contributed by atoms with E-state index in [-0.39, 0.29) is 18.1 Å². The van der Waals surface area contributed by atoms with Crippen LogP contribution in [0.3, 0.4) is 0 Å². The number of aryl methyl sites for hydroxylation is 1. The highest BCUT2D eigenvalue weighted by molar-refractivity contribution is 7.16. The SMILES string of the molecule is CCOC(=O)c1sc(-c2cc(C(C)=O)cc[n+]2[O-])nc1C. The lowest BCUT2D eigenvalue weighted by molar-refractivity contribution is -0.593. The van der Waals surface area contributed by atoms with E-state index < -0.39 is 5.97 Å². The van der Waals surface area contributed by atoms with E-state index in [1.807, 2.05) is 0 Å². The van der Waals surface area contributed by atoms with Crippen molar-refractivity contribution in [2.45, 2.75) is 20.8 Å². The van der Waals surface area contributed by atoms with Crippen molar-refractivity contribution in [2.75, 3.05) is 6.61 Å². The van der Waals surface area contributed by atoms with Crippen molar-refractivity contribution in [2.24, 2.45) is 0 Å². The molecular weight excluding hydrogens is 292 g/mol. The van der Waals surface area contributed by atoms with Gasteiger partial charge < -0.3 is 9.94 Å². The molecule has 110 valence electrons. The third-order valence-electron chi connectivity index (χ3n) is 2.80. The monoisotopic (exact) mass is 306 g/mol. The number of nitrogens with zero attached hydrogens (tertiary/aromatic N) is 2. The van der Waals surface area contributed by atoms with Crippen LogP contribution in [0.4, 0.5) is 0 Å². The number of hydrogen-bond donors (Lipinski definition) is 0. The van der Waals surface area contributed by atoms with Crippen LogP contribution in [0.5, 0.6) is 0 Å². The lowest BCUT2D eigenvalue weighted by Crippen LogP contribution is -2.28. The number of carbonyl (C=O) groups excluding carboxylic acids is 2. The summed E-state index contributed by atoms with van der Waals surface area (Å²) in [4.78, 5) is 27.8. The average molecular weight is 306 g/mol. The number of Topliss-reactive ketones (excluding diaryl/α,β-unsaturated/α-hetero) is 1. The minimum atomic E-state index is -0.459. The maximum absolute atomic E-state index is 11.9. The largest absolute Gasteiger partial charge is 0.618 e. The molecule has 0 amide bonds. The summed E-state index contributed by atoms with van der Waals surface area (Å²) < 4.78 is 5.57. The van der Waals surface area contributed by atoms with Gasteiger partial charge in [-0.3, -0.25) is 4.79 Å². The number of ketones is 1. The molecule has 21 heavy (non-hydrogen) atoms. The van der Waals surface area contributed by atoms with Crippen molar-refractivity contribution < 1.29 is 19.1 Å². The molecule has 6 nitrogen and oxygen atoms in total. The molecule has 0 aliphatic carbocycles. The normalized spacial score (nSPS) is 10.4. The van der Waals surface area contributed by atoms with Crippen molar-refractivity contribution in [3.63, 3.8) is 0 Å². The molecule has 0 fully saturated rings. The molecule has 2 heterocycles. The molecule has 0 N–H and O–H groups in total. The zero-order chi connectivity index (χ0) is 15.6. The van der Waals surface area contributed by atoms with Crippen molar-refractivity contribution in [1.82, 2.24) is 4.98 Å². The smallest absolute Gasteiger partial charge is 0.350 e. The van der Waals surface area contributed by atoms with Crippen LogP contribution in [-0.2, 0) is 4.74 Å². The Hall–Kier alpha value is -2.28. The molecule has 0 unspecified atom stereocenters. The third kappa shape index (κ3) is 3.08. The summed E-state index contributed by atoms with van der Waals surface area (Å²) in [7, 11) is 0. The van der Waals surface area contributed by atoms with E-state index in [1.54, 1.807) is 13.8 Å². The number of pyridine rings is 1. The fraction of sp³-hybridized carbons (Fsp3) is 0.286. The molecule has 0 atom stereocenters. The lowest BCUT2D eigenvalue weighted by atomic mass is 10.1. The quantitative estimate of drug-likeness (QED) is 0.374. The fourth-order valence-corrected chi connectivity index (χ4v) is 2.72. The first-order valence-electron chi connectivity index (χ1n) is 6.33. The van der Waals surface area contributed by atoms with Crippen molar-refractivity contribution in [1.29, 1.82) is 0 Å². The number of aromatic nitrogens is 2. The van der Waals surface area contributed by atoms with Gasteiger partial charge in [-0.2, -0.15) is 4.73 Å². The lowest BCUT2D eigenvalue weighted by Gasteiger charge is -2.02. The van der Waals surface area contributed by atoms with Crippen LogP contribution >= 0.6 is 11.3 Å². The van der Waals surface area contributed by atoms with E-state index in [2.05, 4.69) is 4.98 Å². The van der Waals surface area contributed by atoms with E-state index in [0.29, 0.717) is 25.9 Å². The second kappa shape index (κ2) is 6.01. The van der Waals surface area contributed by atoms with Gasteiger partial charge in [0, 0.05) is 17.7 Å². The highest BCUT2D eigenvalue weighted by Crippen LogP contribution is 2.27. The topological polar surface area (TPSA) is 83.2 Å². The van der Waals surface area contributed by atoms with Gasteiger partial charge in [-0.05, 0) is 20.8 Å². The maximum atomic E-state index is 11.9. The van der Waals surface area contributed by atoms with Crippen LogP contribution in [0.15, 0.2) is 18.3 Å². The molecule has 0 saturated carbocycles. The van der Waals surface area contributed by atoms with E-state index in [4.69, 9.17) is 4.74 Å². The molecule has 2 aromatic rings. The summed E-state index contributed by atoms with van der Waals surface area (Å²) in [5.41, 5.74) is 1.16. The van der Waals surface area contributed by atoms with Crippen LogP contribution in [0.1, 0.15) is 39.6 Å². The Balaban J connectivity index is 2.48. The molecule has 0 aliphatic rings. The minimum Gasteiger partial charge on any atom is -0.618 e. The van der Waals surface area contributed by atoms with Crippen molar-refractivity contribution >= 4 is 23.1 Å². The van der Waals surface area contributed by atoms with Gasteiger partial charge in [0.2, 0.25) is 0 Å². The predicted octanol–water partition coefficient (Wildman–Crippen LogP) is 2.13. The molecule has 0 spiro atoms. The zero-order valence-corrected chi connectivity index (χ0v) is 12.7. The van der Waals surface area contributed by atoms with E-state index in [9.17, 15) is 14.8 Å². The van der Waals surface area contributed by atoms with Gasteiger partial charge in [0.25, 0.3) is 5.69 Å². The Morgan fingerprint density at radius 2 is 2.19 bits per heavy atom. The molecule has 0 saturated heterocycles. The predicted molar refractivity (Wildman–Crippen MR) is 77.2 cm³/mol. The highest BCUT2D eigenvalue weighted by atomic mass is 32.1. The average Bonchev–Trinajstić information content (AvgIpc) is 2.81. The van der Waals surface area contributed by atoms with Gasteiger partial charge in [0.15, 0.2) is 17.0 Å². The highest BCUT2D eigenvalue weighted by Gasteiger charge is 2.22. The second-order valence-electron chi connectivity index (χ2n) is 4.34. The minimum absolute atomic E-state index is 0.143. The Bertz CT molecular complexity index is 709. The molecular formula is C14H14N2O4S. The Labute approximate surface area is 125 Å². The number of esters is 1. The number of hydrogen-bond acceptors (Lipinski definition) is 6. The maximum Gasteiger partial charge on any atom is 0.350 e. The zero-order valence-electron chi connectivity index (χ0n) is 11.9. The Morgan fingerprint density at radius 1 is 1.48 bits per heavy atom. The Morgan fingerprint density at radius 3 is 2.81 bits per heavy atom. The van der Waals surface area contributed by atoms with Crippen LogP contribution in [0, 0.1) is 12.1 Å². The first-order valence-corrected chi connectivity index (χ1v) is 7.14. The molecule has 2 rings (SSSR count). The summed E-state index contributed by atoms with van der Waals surface area (Å²) in [5, 5.41) is 12.2. The summed E-state index contributed by atoms with van der Waals surface area (Å²) in [6.07, 6.45) is 1.26. The molecule has 7 heteroatoms. The van der Waals surface area contributed by atoms with Gasteiger partial charge in [-0.1, -0.05) is 0 Å². The van der Waals surface area contributed by atoms with Crippen LogP contribution in [-0.4, -0.2) is 23.3 Å². The number of ether oxygens (including phenoxy) is 1. The summed E-state index contributed by atoms with van der Waals surface area (Å²) in [5.74, 6) is -0.602. The van der Waals surface area contributed by atoms with E-state index in [1.165, 1.54) is 25.3 Å². The molecule has 0 radical (unpaired) electrons. The van der Waals surface area contributed by atoms with Crippen molar-refractivity contribution in [3.05, 3.63) is 39.7 Å². The summed E-state index contributed by atoms with van der Waals surface area (Å²) in [6.45, 7) is 5.09. The Kier molecular flexibility index (Phi) is 4.32. The van der Waals surface area contributed by atoms with Crippen molar-refractivity contribution in [3.8, 4) is 10.7 Å². The fourth-order valence-electron chi connectivity index (χ4n) is 1.75. The molecule has 0 aromatic carbocycles. The van der Waals surface area contributed by atoms with Gasteiger partial charge in [0.05, 0.1) is 12.3 Å². The standard InChI is InChI=1S/C14H14N2O4S/c1-4-20-14(18)12-8(2)15-13(21-12)11-7-10(9(3)17)5-6-16(11)19/h5-7H,4H2,1-3H3. The first kappa shape index (κ1) is 15.1. The van der Waals surface area contributed by atoms with Gasteiger partial charge in [-0.25, -0.2) is 9.78 Å². The first-order chi connectivity index (χ1) is 9.93. The van der Waals surface area contributed by atoms with Crippen LogP contribution in [0.25, 0.3) is 10.7 Å². The third-order valence-corrected chi connectivity index (χ3v) is 3.96. The molecule has 2 aromatic heterocycles. The molecule has 0 bridgehead atoms. The summed E-state index contributed by atoms with van der Waals surface area (Å²) >= 11 is 1.08. The second-order valence-corrected chi connectivity index (χ2v) is 5.34. The van der Waals surface area contributed by atoms with Gasteiger partial charge >= 0.3 is 5.97 Å².